The molecule has 2 amide bonds. The summed E-state index contributed by atoms with van der Waals surface area (Å²) in [6.07, 6.45) is 0.878. The monoisotopic (exact) mass is 297 g/mol. The SMILES string of the molecule is CCNC(=O)C1COCCN1CC(=O)N1CCC(=O)CC1. The third kappa shape index (κ3) is 4.25. The molecule has 2 fully saturated rings. The summed E-state index contributed by atoms with van der Waals surface area (Å²) < 4.78 is 5.35. The quantitative estimate of drug-likeness (QED) is 0.721. The van der Waals surface area contributed by atoms with Crippen molar-refractivity contribution >= 4 is 17.6 Å². The molecule has 7 heteroatoms. The summed E-state index contributed by atoms with van der Waals surface area (Å²) in [5.41, 5.74) is 0. The van der Waals surface area contributed by atoms with Gasteiger partial charge in [0.05, 0.1) is 19.8 Å². The molecule has 0 aromatic rings. The molecule has 2 saturated heterocycles. The van der Waals surface area contributed by atoms with E-state index in [0.717, 1.165) is 0 Å². The van der Waals surface area contributed by atoms with Crippen LogP contribution in [0.3, 0.4) is 0 Å². The maximum Gasteiger partial charge on any atom is 0.239 e. The van der Waals surface area contributed by atoms with Gasteiger partial charge >= 0.3 is 0 Å². The zero-order valence-corrected chi connectivity index (χ0v) is 12.5. The van der Waals surface area contributed by atoms with Crippen LogP contribution in [0.15, 0.2) is 0 Å². The Labute approximate surface area is 124 Å². The molecule has 0 spiro atoms. The molecule has 0 aromatic heterocycles. The van der Waals surface area contributed by atoms with Gasteiger partial charge in [0, 0.05) is 39.0 Å². The zero-order valence-electron chi connectivity index (χ0n) is 12.5. The van der Waals surface area contributed by atoms with E-state index in [1.165, 1.54) is 0 Å². The van der Waals surface area contributed by atoms with Gasteiger partial charge in [-0.1, -0.05) is 0 Å². The minimum atomic E-state index is -0.408. The smallest absolute Gasteiger partial charge is 0.239 e. The molecule has 1 unspecified atom stereocenters. The van der Waals surface area contributed by atoms with Crippen molar-refractivity contribution in [1.82, 2.24) is 15.1 Å². The summed E-state index contributed by atoms with van der Waals surface area (Å²) in [6, 6.07) is -0.408. The van der Waals surface area contributed by atoms with Crippen LogP contribution in [-0.2, 0) is 19.1 Å². The maximum absolute atomic E-state index is 12.3. The third-order valence-electron chi connectivity index (χ3n) is 3.91. The Kier molecular flexibility index (Phi) is 5.69. The number of nitrogens with one attached hydrogen (secondary N) is 1. The van der Waals surface area contributed by atoms with E-state index in [2.05, 4.69) is 5.32 Å². The van der Waals surface area contributed by atoms with Crippen LogP contribution in [0.1, 0.15) is 19.8 Å². The molecule has 21 heavy (non-hydrogen) atoms. The largest absolute Gasteiger partial charge is 0.378 e. The van der Waals surface area contributed by atoms with Gasteiger partial charge in [-0.05, 0) is 6.92 Å². The summed E-state index contributed by atoms with van der Waals surface area (Å²) in [7, 11) is 0. The van der Waals surface area contributed by atoms with E-state index in [1.54, 1.807) is 4.90 Å². The average molecular weight is 297 g/mol. The van der Waals surface area contributed by atoms with Gasteiger partial charge in [-0.2, -0.15) is 0 Å². The average Bonchev–Trinajstić information content (AvgIpc) is 2.48. The first-order valence-electron chi connectivity index (χ1n) is 7.50. The predicted octanol–water partition coefficient (Wildman–Crippen LogP) is -0.985. The zero-order chi connectivity index (χ0) is 15.2. The van der Waals surface area contributed by atoms with Crippen LogP contribution in [0.2, 0.25) is 0 Å². The van der Waals surface area contributed by atoms with E-state index in [-0.39, 0.29) is 24.1 Å². The van der Waals surface area contributed by atoms with Gasteiger partial charge in [0.1, 0.15) is 11.8 Å². The Morgan fingerprint density at radius 2 is 2.00 bits per heavy atom. The second-order valence-electron chi connectivity index (χ2n) is 5.38. The fourth-order valence-corrected chi connectivity index (χ4v) is 2.64. The summed E-state index contributed by atoms with van der Waals surface area (Å²) in [5, 5.41) is 2.77. The number of carbonyl (C=O) groups excluding carboxylic acids is 3. The number of ether oxygens (including phenoxy) is 1. The van der Waals surface area contributed by atoms with Crippen LogP contribution in [0, 0.1) is 0 Å². The molecule has 0 radical (unpaired) electrons. The number of hydrogen-bond acceptors (Lipinski definition) is 5. The molecular weight excluding hydrogens is 274 g/mol. The summed E-state index contributed by atoms with van der Waals surface area (Å²) in [6.45, 7) is 5.04. The first-order chi connectivity index (χ1) is 10.1. The van der Waals surface area contributed by atoms with Crippen LogP contribution in [0.5, 0.6) is 0 Å². The van der Waals surface area contributed by atoms with E-state index in [4.69, 9.17) is 4.74 Å². The van der Waals surface area contributed by atoms with E-state index >= 15 is 0 Å². The fraction of sp³-hybridized carbons (Fsp3) is 0.786. The summed E-state index contributed by atoms with van der Waals surface area (Å²) in [5.74, 6) is 0.100. The van der Waals surface area contributed by atoms with E-state index in [9.17, 15) is 14.4 Å². The highest BCUT2D eigenvalue weighted by Crippen LogP contribution is 2.10. The molecule has 0 aliphatic carbocycles. The van der Waals surface area contributed by atoms with Crippen molar-refractivity contribution in [2.24, 2.45) is 0 Å². The number of likely N-dealkylation sites (tertiary alicyclic amines) is 1. The molecule has 2 heterocycles. The lowest BCUT2D eigenvalue weighted by Gasteiger charge is -2.36. The standard InChI is InChI=1S/C14H23N3O4/c1-2-15-14(20)12-10-21-8-7-17(12)9-13(19)16-5-3-11(18)4-6-16/h12H,2-10H2,1H3,(H,15,20). The van der Waals surface area contributed by atoms with Crippen LogP contribution >= 0.6 is 0 Å². The highest BCUT2D eigenvalue weighted by atomic mass is 16.5. The van der Waals surface area contributed by atoms with Crippen LogP contribution in [0.25, 0.3) is 0 Å². The molecular formula is C14H23N3O4. The molecule has 0 bridgehead atoms. The number of likely N-dealkylation sites (N-methyl/N-ethyl adjacent to an activating group) is 1. The van der Waals surface area contributed by atoms with Crippen molar-refractivity contribution < 1.29 is 19.1 Å². The maximum atomic E-state index is 12.3. The minimum absolute atomic E-state index is 0.0151. The lowest BCUT2D eigenvalue weighted by Crippen LogP contribution is -2.56. The Balaban J connectivity index is 1.90. The normalized spacial score (nSPS) is 24.0. The Hall–Kier alpha value is -1.47. The number of hydrogen-bond donors (Lipinski definition) is 1. The van der Waals surface area contributed by atoms with Gasteiger partial charge < -0.3 is 15.0 Å². The van der Waals surface area contributed by atoms with Gasteiger partial charge in [-0.25, -0.2) is 0 Å². The Morgan fingerprint density at radius 1 is 1.29 bits per heavy atom. The first-order valence-corrected chi connectivity index (χ1v) is 7.50. The molecule has 1 atom stereocenters. The molecule has 0 aromatic carbocycles. The van der Waals surface area contributed by atoms with E-state index < -0.39 is 6.04 Å². The lowest BCUT2D eigenvalue weighted by molar-refractivity contribution is -0.140. The molecule has 2 aliphatic heterocycles. The number of piperidine rings is 1. The van der Waals surface area contributed by atoms with Crippen molar-refractivity contribution in [2.75, 3.05) is 45.9 Å². The highest BCUT2D eigenvalue weighted by Gasteiger charge is 2.32. The minimum Gasteiger partial charge on any atom is -0.378 e. The molecule has 2 aliphatic rings. The highest BCUT2D eigenvalue weighted by molar-refractivity contribution is 5.85. The number of nitrogens with zero attached hydrogens (tertiary/aromatic N) is 2. The van der Waals surface area contributed by atoms with Crippen molar-refractivity contribution in [1.29, 1.82) is 0 Å². The topological polar surface area (TPSA) is 79.0 Å². The third-order valence-corrected chi connectivity index (χ3v) is 3.91. The van der Waals surface area contributed by atoms with Gasteiger partial charge in [0.15, 0.2) is 0 Å². The second kappa shape index (κ2) is 7.51. The molecule has 7 nitrogen and oxygen atoms in total. The molecule has 2 rings (SSSR count). The van der Waals surface area contributed by atoms with Gasteiger partial charge in [-0.15, -0.1) is 0 Å². The van der Waals surface area contributed by atoms with Crippen LogP contribution < -0.4 is 5.32 Å². The molecule has 0 saturated carbocycles. The van der Waals surface area contributed by atoms with Crippen molar-refractivity contribution in [3.8, 4) is 0 Å². The van der Waals surface area contributed by atoms with Crippen molar-refractivity contribution in [3.63, 3.8) is 0 Å². The number of Topliss-reactive ketones (excluding diaryl/α,β-unsaturated/α-hetero) is 1. The Morgan fingerprint density at radius 3 is 2.67 bits per heavy atom. The number of morpholine rings is 1. The number of amides is 2. The number of ketones is 1. The summed E-state index contributed by atoms with van der Waals surface area (Å²) in [4.78, 5) is 39.1. The predicted molar refractivity (Wildman–Crippen MR) is 75.7 cm³/mol. The molecule has 1 N–H and O–H groups in total. The lowest BCUT2D eigenvalue weighted by atomic mass is 10.1. The van der Waals surface area contributed by atoms with Gasteiger partial charge in [0.2, 0.25) is 11.8 Å². The van der Waals surface area contributed by atoms with Gasteiger partial charge in [0.25, 0.3) is 0 Å². The second-order valence-corrected chi connectivity index (χ2v) is 5.38. The van der Waals surface area contributed by atoms with Crippen LogP contribution in [0.4, 0.5) is 0 Å². The number of carbonyl (C=O) groups is 3. The van der Waals surface area contributed by atoms with Crippen LogP contribution in [-0.4, -0.2) is 79.4 Å². The van der Waals surface area contributed by atoms with Gasteiger partial charge in [-0.3, -0.25) is 19.3 Å². The Bertz CT molecular complexity index is 403. The first kappa shape index (κ1) is 15.9. The van der Waals surface area contributed by atoms with E-state index in [0.29, 0.717) is 52.2 Å². The number of rotatable bonds is 4. The van der Waals surface area contributed by atoms with Crippen molar-refractivity contribution in [3.05, 3.63) is 0 Å². The summed E-state index contributed by atoms with van der Waals surface area (Å²) >= 11 is 0. The molecule has 118 valence electrons. The fourth-order valence-electron chi connectivity index (χ4n) is 2.64. The van der Waals surface area contributed by atoms with E-state index in [1.807, 2.05) is 11.8 Å². The van der Waals surface area contributed by atoms with Crippen molar-refractivity contribution in [2.45, 2.75) is 25.8 Å².